The van der Waals surface area contributed by atoms with Gasteiger partial charge in [0.1, 0.15) is 5.52 Å². The van der Waals surface area contributed by atoms with Crippen LogP contribution in [0.2, 0.25) is 0 Å². The molecule has 0 atom stereocenters. The van der Waals surface area contributed by atoms with Crippen molar-refractivity contribution in [2.45, 2.75) is 6.54 Å². The third kappa shape index (κ3) is 3.98. The van der Waals surface area contributed by atoms with E-state index in [0.29, 0.717) is 5.82 Å². The predicted octanol–water partition coefficient (Wildman–Crippen LogP) is 1.56. The number of morpholine rings is 1. The number of fused-ring (bicyclic) bond motifs is 1. The summed E-state index contributed by atoms with van der Waals surface area (Å²) in [6.45, 7) is 8.50. The summed E-state index contributed by atoms with van der Waals surface area (Å²) in [6, 6.07) is 10.00. The molecule has 0 aliphatic carbocycles. The minimum absolute atomic E-state index is 0.714. The number of nitrogens with zero attached hydrogens (tertiary/aromatic N) is 6. The van der Waals surface area contributed by atoms with Crippen LogP contribution in [-0.2, 0) is 11.3 Å². The molecular formula is C22H29N7O. The Kier molecular flexibility index (Phi) is 5.28. The molecule has 0 bridgehead atoms. The molecule has 1 aromatic carbocycles. The van der Waals surface area contributed by atoms with Gasteiger partial charge in [0, 0.05) is 63.3 Å². The molecule has 4 heterocycles. The molecule has 8 nitrogen and oxygen atoms in total. The number of benzene rings is 1. The molecule has 2 saturated heterocycles. The maximum atomic E-state index is 5.87. The number of hydrogen-bond donors (Lipinski definition) is 1. The van der Waals surface area contributed by atoms with Crippen molar-refractivity contribution < 1.29 is 4.74 Å². The van der Waals surface area contributed by atoms with Gasteiger partial charge in [0.2, 0.25) is 0 Å². The van der Waals surface area contributed by atoms with E-state index in [4.69, 9.17) is 20.6 Å². The van der Waals surface area contributed by atoms with Gasteiger partial charge < -0.3 is 20.3 Å². The number of anilines is 2. The zero-order chi connectivity index (χ0) is 20.5. The SMILES string of the molecule is CN1CCN(Cc2cc3c(N4CCOCC4)nc(-c4ccc(N)cc4)nn3c2)CC1. The first-order chi connectivity index (χ1) is 14.7. The van der Waals surface area contributed by atoms with Crippen molar-refractivity contribution in [3.63, 3.8) is 0 Å². The quantitative estimate of drug-likeness (QED) is 0.658. The van der Waals surface area contributed by atoms with Gasteiger partial charge in [0.15, 0.2) is 11.6 Å². The van der Waals surface area contributed by atoms with Crippen molar-refractivity contribution in [1.82, 2.24) is 24.4 Å². The normalized spacial score (nSPS) is 18.9. The number of nitrogens with two attached hydrogens (primary N) is 1. The van der Waals surface area contributed by atoms with Crippen LogP contribution in [0.3, 0.4) is 0 Å². The van der Waals surface area contributed by atoms with Gasteiger partial charge in [0.25, 0.3) is 0 Å². The summed E-state index contributed by atoms with van der Waals surface area (Å²) in [5.74, 6) is 1.69. The molecule has 3 aromatic rings. The second kappa shape index (κ2) is 8.22. The Morgan fingerprint density at radius 3 is 2.47 bits per heavy atom. The van der Waals surface area contributed by atoms with Crippen LogP contribution in [-0.4, -0.2) is 83.9 Å². The number of aromatic nitrogens is 3. The Morgan fingerprint density at radius 2 is 1.73 bits per heavy atom. The Bertz CT molecular complexity index is 1000. The fraction of sp³-hybridized carbons (Fsp3) is 0.455. The predicted molar refractivity (Wildman–Crippen MR) is 119 cm³/mol. The maximum absolute atomic E-state index is 5.87. The lowest BCUT2D eigenvalue weighted by Gasteiger charge is -2.32. The van der Waals surface area contributed by atoms with Crippen molar-refractivity contribution in [2.75, 3.05) is 70.2 Å². The van der Waals surface area contributed by atoms with Crippen LogP contribution in [0.1, 0.15) is 5.56 Å². The van der Waals surface area contributed by atoms with Crippen LogP contribution in [0.4, 0.5) is 11.5 Å². The van der Waals surface area contributed by atoms with E-state index in [-0.39, 0.29) is 0 Å². The monoisotopic (exact) mass is 407 g/mol. The maximum Gasteiger partial charge on any atom is 0.182 e. The second-order valence-electron chi connectivity index (χ2n) is 8.24. The number of nitrogen functional groups attached to an aromatic ring is 1. The lowest BCUT2D eigenvalue weighted by atomic mass is 10.2. The fourth-order valence-corrected chi connectivity index (χ4v) is 4.15. The van der Waals surface area contributed by atoms with Gasteiger partial charge in [-0.05, 0) is 42.9 Å². The number of ether oxygens (including phenoxy) is 1. The van der Waals surface area contributed by atoms with E-state index >= 15 is 0 Å². The summed E-state index contributed by atoms with van der Waals surface area (Å²) >= 11 is 0. The molecule has 2 N–H and O–H groups in total. The highest BCUT2D eigenvalue weighted by Gasteiger charge is 2.20. The zero-order valence-corrected chi connectivity index (χ0v) is 17.5. The molecule has 30 heavy (non-hydrogen) atoms. The molecule has 0 amide bonds. The third-order valence-corrected chi connectivity index (χ3v) is 5.98. The molecule has 2 fully saturated rings. The Hall–Kier alpha value is -2.68. The summed E-state index contributed by atoms with van der Waals surface area (Å²) in [5.41, 5.74) is 9.91. The van der Waals surface area contributed by atoms with E-state index in [1.54, 1.807) is 0 Å². The van der Waals surface area contributed by atoms with Crippen molar-refractivity contribution in [3.05, 3.63) is 42.1 Å². The van der Waals surface area contributed by atoms with E-state index in [2.05, 4.69) is 34.0 Å². The number of likely N-dealkylation sites (N-methyl/N-ethyl adjacent to an activating group) is 1. The van der Waals surface area contributed by atoms with Crippen molar-refractivity contribution in [2.24, 2.45) is 0 Å². The Morgan fingerprint density at radius 1 is 1.00 bits per heavy atom. The minimum atomic E-state index is 0.714. The molecule has 8 heteroatoms. The molecule has 0 spiro atoms. The highest BCUT2D eigenvalue weighted by atomic mass is 16.5. The molecule has 5 rings (SSSR count). The van der Waals surface area contributed by atoms with Crippen LogP contribution >= 0.6 is 0 Å². The summed E-state index contributed by atoms with van der Waals surface area (Å²) in [7, 11) is 2.19. The fourth-order valence-electron chi connectivity index (χ4n) is 4.15. The standard InChI is InChI=1S/C22H29N7O/c1-26-6-8-27(9-7-26)15-17-14-20-22(28-10-12-30-13-11-28)24-21(25-29(20)16-17)18-2-4-19(23)5-3-18/h2-5,14,16H,6-13,15,23H2,1H3. The number of rotatable bonds is 4. The minimum Gasteiger partial charge on any atom is -0.399 e. The van der Waals surface area contributed by atoms with Crippen LogP contribution in [0.5, 0.6) is 0 Å². The summed E-state index contributed by atoms with van der Waals surface area (Å²) in [5, 5.41) is 4.84. The van der Waals surface area contributed by atoms with Gasteiger partial charge >= 0.3 is 0 Å². The molecule has 2 aromatic heterocycles. The molecule has 158 valence electrons. The van der Waals surface area contributed by atoms with E-state index in [9.17, 15) is 0 Å². The highest BCUT2D eigenvalue weighted by Crippen LogP contribution is 2.26. The van der Waals surface area contributed by atoms with Crippen molar-refractivity contribution in [1.29, 1.82) is 0 Å². The van der Waals surface area contributed by atoms with Gasteiger partial charge in [-0.1, -0.05) is 0 Å². The van der Waals surface area contributed by atoms with Gasteiger partial charge in [-0.3, -0.25) is 4.90 Å². The van der Waals surface area contributed by atoms with E-state index < -0.39 is 0 Å². The average Bonchev–Trinajstić information content (AvgIpc) is 3.18. The first-order valence-electron chi connectivity index (χ1n) is 10.6. The molecule has 2 aliphatic rings. The molecule has 0 saturated carbocycles. The van der Waals surface area contributed by atoms with Gasteiger partial charge in [0.05, 0.1) is 13.2 Å². The molecular weight excluding hydrogens is 378 g/mol. The van der Waals surface area contributed by atoms with E-state index in [1.165, 1.54) is 5.56 Å². The average molecular weight is 408 g/mol. The lowest BCUT2D eigenvalue weighted by Crippen LogP contribution is -2.43. The van der Waals surface area contributed by atoms with Crippen LogP contribution in [0.15, 0.2) is 36.5 Å². The lowest BCUT2D eigenvalue weighted by molar-refractivity contribution is 0.122. The van der Waals surface area contributed by atoms with Crippen LogP contribution in [0.25, 0.3) is 16.9 Å². The second-order valence-corrected chi connectivity index (χ2v) is 8.24. The summed E-state index contributed by atoms with van der Waals surface area (Å²) in [6.07, 6.45) is 2.15. The van der Waals surface area contributed by atoms with Gasteiger partial charge in [-0.15, -0.1) is 5.10 Å². The molecule has 0 radical (unpaired) electrons. The third-order valence-electron chi connectivity index (χ3n) is 5.98. The first kappa shape index (κ1) is 19.3. The van der Waals surface area contributed by atoms with E-state index in [0.717, 1.165) is 81.6 Å². The zero-order valence-electron chi connectivity index (χ0n) is 17.5. The Balaban J connectivity index is 1.51. The summed E-state index contributed by atoms with van der Waals surface area (Å²) < 4.78 is 7.55. The number of hydrogen-bond acceptors (Lipinski definition) is 7. The molecule has 2 aliphatic heterocycles. The topological polar surface area (TPSA) is 75.2 Å². The van der Waals surface area contributed by atoms with Crippen molar-refractivity contribution >= 4 is 17.0 Å². The van der Waals surface area contributed by atoms with Gasteiger partial charge in [-0.25, -0.2) is 9.50 Å². The highest BCUT2D eigenvalue weighted by molar-refractivity contribution is 5.73. The largest absolute Gasteiger partial charge is 0.399 e. The van der Waals surface area contributed by atoms with Crippen molar-refractivity contribution in [3.8, 4) is 11.4 Å². The Labute approximate surface area is 176 Å². The van der Waals surface area contributed by atoms with Gasteiger partial charge in [-0.2, -0.15) is 0 Å². The van der Waals surface area contributed by atoms with E-state index in [1.807, 2.05) is 28.8 Å². The molecule has 0 unspecified atom stereocenters. The first-order valence-corrected chi connectivity index (χ1v) is 10.6. The van der Waals surface area contributed by atoms with Crippen LogP contribution in [0, 0.1) is 0 Å². The smallest absolute Gasteiger partial charge is 0.182 e. The number of piperazine rings is 1. The van der Waals surface area contributed by atoms with Crippen LogP contribution < -0.4 is 10.6 Å². The summed E-state index contributed by atoms with van der Waals surface area (Å²) in [4.78, 5) is 12.2.